The summed E-state index contributed by atoms with van der Waals surface area (Å²) in [6, 6.07) is 9.13. The highest BCUT2D eigenvalue weighted by atomic mass is 35.5. The van der Waals surface area contributed by atoms with Crippen molar-refractivity contribution in [3.05, 3.63) is 69.7 Å². The first-order valence-corrected chi connectivity index (χ1v) is 13.3. The minimum atomic E-state index is -5.00. The van der Waals surface area contributed by atoms with Gasteiger partial charge in [0.15, 0.2) is 0 Å². The molecule has 0 bridgehead atoms. The number of halogens is 7. The molecule has 0 radical (unpaired) electrons. The molecule has 2 aromatic rings. The number of thiol groups is 1. The number of Topliss-reactive ketones (excluding diaryl/α,β-unsaturated/α-hetero) is 1. The second kappa shape index (κ2) is 14.3. The zero-order chi connectivity index (χ0) is 31.1. The van der Waals surface area contributed by atoms with Crippen molar-refractivity contribution in [2.75, 3.05) is 6.54 Å². The van der Waals surface area contributed by atoms with Crippen LogP contribution in [0.5, 0.6) is 0 Å². The molecule has 0 fully saturated rings. The van der Waals surface area contributed by atoms with E-state index in [4.69, 9.17) is 23.2 Å². The average molecular weight is 642 g/mol. The molecular weight excluding hydrogens is 616 g/mol. The van der Waals surface area contributed by atoms with Crippen LogP contribution in [-0.4, -0.2) is 54.2 Å². The smallest absolute Gasteiger partial charge is 0.344 e. The van der Waals surface area contributed by atoms with Gasteiger partial charge in [-0.25, -0.2) is 0 Å². The maximum Gasteiger partial charge on any atom is 0.405 e. The van der Waals surface area contributed by atoms with Crippen LogP contribution in [0.15, 0.2) is 48.5 Å². The molecule has 0 heterocycles. The molecule has 15 heteroatoms. The molecule has 2 rings (SSSR count). The molecule has 3 N–H and O–H groups in total. The summed E-state index contributed by atoms with van der Waals surface area (Å²) in [5.74, 6) is -12.4. The molecule has 0 saturated carbocycles. The van der Waals surface area contributed by atoms with Gasteiger partial charge in [-0.15, -0.1) is 0 Å². The SMILES string of the molecule is CC(C)[C@H](NC(=O)[C@H](Cc1ccccc1)NC(=O)C(S)c1cc(Cl)cc(Cl)c1)C(=O)C(F)(F)C(=O)NCC(F)(F)F. The van der Waals surface area contributed by atoms with Gasteiger partial charge in [0.1, 0.15) is 17.8 Å². The van der Waals surface area contributed by atoms with E-state index >= 15 is 0 Å². The molecule has 0 aliphatic carbocycles. The Morgan fingerprint density at radius 3 is 1.95 bits per heavy atom. The standard InChI is InChI=1S/C26H26Cl2F5N3O4S/c1-13(2)19(21(37)26(32,33)24(40)34-12-25(29,30)31)36-22(38)18(8-14-6-4-3-5-7-14)35-23(39)20(41)15-9-16(27)11-17(28)10-15/h3-7,9-11,13,18-20,41H,8,12H2,1-2H3,(H,34,40)(H,35,39)(H,36,38)/t18-,19-,20?/m0/s1. The van der Waals surface area contributed by atoms with Crippen LogP contribution in [0, 0.1) is 5.92 Å². The first kappa shape index (κ1) is 34.3. The molecule has 224 valence electrons. The quantitative estimate of drug-likeness (QED) is 0.153. The second-order valence-electron chi connectivity index (χ2n) is 9.32. The molecule has 2 aromatic carbocycles. The Hall–Kier alpha value is -2.90. The summed E-state index contributed by atoms with van der Waals surface area (Å²) in [4.78, 5) is 50.7. The zero-order valence-electron chi connectivity index (χ0n) is 21.6. The van der Waals surface area contributed by atoms with E-state index in [9.17, 15) is 41.1 Å². The molecular formula is C26H26Cl2F5N3O4S. The summed E-state index contributed by atoms with van der Waals surface area (Å²) < 4.78 is 66.3. The van der Waals surface area contributed by atoms with Crippen LogP contribution in [0.1, 0.15) is 30.2 Å². The number of alkyl halides is 5. The van der Waals surface area contributed by atoms with E-state index in [-0.39, 0.29) is 16.5 Å². The Bertz CT molecular complexity index is 1250. The van der Waals surface area contributed by atoms with E-state index in [1.165, 1.54) is 32.0 Å². The lowest BCUT2D eigenvalue weighted by Gasteiger charge is -2.28. The Balaban J connectivity index is 2.30. The number of carbonyl (C=O) groups excluding carboxylic acids is 4. The van der Waals surface area contributed by atoms with Gasteiger partial charge in [-0.1, -0.05) is 67.4 Å². The topological polar surface area (TPSA) is 104 Å². The summed E-state index contributed by atoms with van der Waals surface area (Å²) in [5.41, 5.74) is 0.848. The van der Waals surface area contributed by atoms with Gasteiger partial charge in [0.2, 0.25) is 17.6 Å². The van der Waals surface area contributed by atoms with E-state index in [2.05, 4.69) is 23.3 Å². The van der Waals surface area contributed by atoms with Crippen molar-refractivity contribution < 1.29 is 41.1 Å². The van der Waals surface area contributed by atoms with E-state index in [1.54, 1.807) is 30.3 Å². The lowest BCUT2D eigenvalue weighted by atomic mass is 9.94. The largest absolute Gasteiger partial charge is 0.405 e. The average Bonchev–Trinajstić information content (AvgIpc) is 2.88. The zero-order valence-corrected chi connectivity index (χ0v) is 24.0. The Kier molecular flexibility index (Phi) is 12.0. The maximum absolute atomic E-state index is 14.6. The van der Waals surface area contributed by atoms with Gasteiger partial charge in [0, 0.05) is 16.5 Å². The first-order valence-electron chi connectivity index (χ1n) is 12.0. The van der Waals surface area contributed by atoms with Crippen LogP contribution in [-0.2, 0) is 25.6 Å². The predicted octanol–water partition coefficient (Wildman–Crippen LogP) is 4.72. The van der Waals surface area contributed by atoms with Crippen molar-refractivity contribution in [2.45, 2.75) is 49.7 Å². The third-order valence-electron chi connectivity index (χ3n) is 5.66. The molecule has 3 atom stereocenters. The maximum atomic E-state index is 14.6. The Labute approximate surface area is 247 Å². The molecule has 1 unspecified atom stereocenters. The van der Waals surface area contributed by atoms with Crippen molar-refractivity contribution in [1.29, 1.82) is 0 Å². The molecule has 0 spiro atoms. The number of carbonyl (C=O) groups is 4. The Morgan fingerprint density at radius 2 is 1.44 bits per heavy atom. The molecule has 0 aliphatic rings. The van der Waals surface area contributed by atoms with Crippen LogP contribution in [0.3, 0.4) is 0 Å². The fraction of sp³-hybridized carbons (Fsp3) is 0.385. The van der Waals surface area contributed by atoms with Gasteiger partial charge < -0.3 is 16.0 Å². The van der Waals surface area contributed by atoms with Crippen LogP contribution < -0.4 is 16.0 Å². The van der Waals surface area contributed by atoms with Crippen molar-refractivity contribution in [3.63, 3.8) is 0 Å². The summed E-state index contributed by atoms with van der Waals surface area (Å²) in [6.07, 6.45) is -5.14. The van der Waals surface area contributed by atoms with Crippen LogP contribution >= 0.6 is 35.8 Å². The molecule has 0 aromatic heterocycles. The third-order valence-corrected chi connectivity index (χ3v) is 6.62. The monoisotopic (exact) mass is 641 g/mol. The van der Waals surface area contributed by atoms with Gasteiger partial charge in [0.05, 0.1) is 6.04 Å². The van der Waals surface area contributed by atoms with Gasteiger partial charge in [-0.2, -0.15) is 34.6 Å². The van der Waals surface area contributed by atoms with Crippen LogP contribution in [0.2, 0.25) is 10.0 Å². The fourth-order valence-electron chi connectivity index (χ4n) is 3.58. The molecule has 0 saturated heterocycles. The van der Waals surface area contributed by atoms with Gasteiger partial charge in [-0.3, -0.25) is 19.2 Å². The van der Waals surface area contributed by atoms with E-state index in [1.807, 2.05) is 0 Å². The summed E-state index contributed by atoms with van der Waals surface area (Å²) >= 11 is 16.3. The number of nitrogens with one attached hydrogen (secondary N) is 3. The van der Waals surface area contributed by atoms with Gasteiger partial charge in [0.25, 0.3) is 5.91 Å². The number of ketones is 1. The van der Waals surface area contributed by atoms with Crippen molar-refractivity contribution in [1.82, 2.24) is 16.0 Å². The van der Waals surface area contributed by atoms with E-state index in [0.717, 1.165) is 5.32 Å². The van der Waals surface area contributed by atoms with Crippen LogP contribution in [0.25, 0.3) is 0 Å². The van der Waals surface area contributed by atoms with Crippen molar-refractivity contribution >= 4 is 59.3 Å². The first-order chi connectivity index (χ1) is 18.9. The Morgan fingerprint density at radius 1 is 0.878 bits per heavy atom. The fourth-order valence-corrected chi connectivity index (χ4v) is 4.35. The lowest BCUT2D eigenvalue weighted by molar-refractivity contribution is -0.165. The van der Waals surface area contributed by atoms with Gasteiger partial charge in [-0.05, 0) is 35.2 Å². The summed E-state index contributed by atoms with van der Waals surface area (Å²) in [5, 5.41) is 4.84. The molecule has 0 aliphatic heterocycles. The normalized spacial score (nSPS) is 14.1. The van der Waals surface area contributed by atoms with Gasteiger partial charge >= 0.3 is 12.1 Å². The number of hydrogen-bond acceptors (Lipinski definition) is 5. The van der Waals surface area contributed by atoms with E-state index < -0.39 is 65.4 Å². The minimum absolute atomic E-state index is 0.142. The summed E-state index contributed by atoms with van der Waals surface area (Å²) in [7, 11) is 0. The molecule has 41 heavy (non-hydrogen) atoms. The predicted molar refractivity (Wildman–Crippen MR) is 146 cm³/mol. The number of hydrogen-bond donors (Lipinski definition) is 4. The number of benzene rings is 2. The highest BCUT2D eigenvalue weighted by Gasteiger charge is 2.52. The van der Waals surface area contributed by atoms with E-state index in [0.29, 0.717) is 11.1 Å². The number of rotatable bonds is 12. The summed E-state index contributed by atoms with van der Waals surface area (Å²) in [6.45, 7) is 0.481. The lowest BCUT2D eigenvalue weighted by Crippen LogP contribution is -2.59. The van der Waals surface area contributed by atoms with Crippen molar-refractivity contribution in [3.8, 4) is 0 Å². The highest BCUT2D eigenvalue weighted by Crippen LogP contribution is 2.28. The van der Waals surface area contributed by atoms with Crippen molar-refractivity contribution in [2.24, 2.45) is 5.92 Å². The number of amides is 3. The highest BCUT2D eigenvalue weighted by molar-refractivity contribution is 7.81. The minimum Gasteiger partial charge on any atom is -0.344 e. The van der Waals surface area contributed by atoms with Crippen LogP contribution in [0.4, 0.5) is 22.0 Å². The molecule has 3 amide bonds. The molecule has 7 nitrogen and oxygen atoms in total. The second-order valence-corrected chi connectivity index (χ2v) is 10.7. The third kappa shape index (κ3) is 10.2.